The van der Waals surface area contributed by atoms with Crippen LogP contribution >= 0.6 is 0 Å². The minimum atomic E-state index is -0.00202. The Morgan fingerprint density at radius 1 is 0.906 bits per heavy atom. The molecule has 4 aromatic rings. The summed E-state index contributed by atoms with van der Waals surface area (Å²) in [4.78, 5) is 12.8. The first-order valence-corrected chi connectivity index (χ1v) is 11.4. The molecule has 32 heavy (non-hydrogen) atoms. The van der Waals surface area contributed by atoms with E-state index in [2.05, 4.69) is 103 Å². The largest absolute Gasteiger partial charge is 0.354 e. The summed E-state index contributed by atoms with van der Waals surface area (Å²) in [7, 11) is 0. The highest BCUT2D eigenvalue weighted by Gasteiger charge is 2.23. The summed E-state index contributed by atoms with van der Waals surface area (Å²) >= 11 is 0. The van der Waals surface area contributed by atoms with Crippen molar-refractivity contribution in [2.75, 3.05) is 0 Å². The molecule has 1 unspecified atom stereocenters. The Bertz CT molecular complexity index is 1220. The SMILES string of the molecule is Cc1ccc(Cn2cc(C(CC(=O)NC(C)C)c3cccc(C)c3)c3ccccc32)cc1. The van der Waals surface area contributed by atoms with E-state index in [0.717, 1.165) is 6.54 Å². The highest BCUT2D eigenvalue weighted by Crippen LogP contribution is 2.35. The first-order valence-electron chi connectivity index (χ1n) is 11.4. The van der Waals surface area contributed by atoms with Crippen LogP contribution in [-0.4, -0.2) is 16.5 Å². The number of rotatable bonds is 7. The van der Waals surface area contributed by atoms with Gasteiger partial charge >= 0.3 is 0 Å². The molecule has 1 atom stereocenters. The number of hydrogen-bond donors (Lipinski definition) is 1. The molecule has 1 aromatic heterocycles. The molecular formula is C29H32N2O. The van der Waals surface area contributed by atoms with E-state index in [-0.39, 0.29) is 17.9 Å². The van der Waals surface area contributed by atoms with Crippen molar-refractivity contribution in [1.82, 2.24) is 9.88 Å². The summed E-state index contributed by atoms with van der Waals surface area (Å²) in [6.07, 6.45) is 2.68. The van der Waals surface area contributed by atoms with Crippen LogP contribution < -0.4 is 5.32 Å². The summed E-state index contributed by atoms with van der Waals surface area (Å²) in [5.41, 5.74) is 7.33. The molecule has 1 N–H and O–H groups in total. The van der Waals surface area contributed by atoms with Gasteiger partial charge in [0.2, 0.25) is 5.91 Å². The molecule has 0 radical (unpaired) electrons. The number of aryl methyl sites for hydroxylation is 2. The van der Waals surface area contributed by atoms with Crippen LogP contribution in [0, 0.1) is 13.8 Å². The first-order chi connectivity index (χ1) is 15.4. The Labute approximate surface area is 191 Å². The van der Waals surface area contributed by atoms with E-state index < -0.39 is 0 Å². The lowest BCUT2D eigenvalue weighted by Gasteiger charge is -2.19. The summed E-state index contributed by atoms with van der Waals surface area (Å²) in [5.74, 6) is 0.0830. The molecule has 3 nitrogen and oxygen atoms in total. The molecular weight excluding hydrogens is 392 g/mol. The second-order valence-electron chi connectivity index (χ2n) is 9.11. The molecule has 164 valence electrons. The average Bonchev–Trinajstić information content (AvgIpc) is 3.11. The van der Waals surface area contributed by atoms with Crippen LogP contribution in [0.2, 0.25) is 0 Å². The zero-order valence-electron chi connectivity index (χ0n) is 19.4. The Morgan fingerprint density at radius 3 is 2.38 bits per heavy atom. The number of amides is 1. The normalized spacial score (nSPS) is 12.3. The monoisotopic (exact) mass is 424 g/mol. The van der Waals surface area contributed by atoms with Gasteiger partial charge in [-0.25, -0.2) is 0 Å². The molecule has 0 saturated carbocycles. The highest BCUT2D eigenvalue weighted by atomic mass is 16.1. The second kappa shape index (κ2) is 9.44. The van der Waals surface area contributed by atoms with E-state index >= 15 is 0 Å². The Morgan fingerprint density at radius 2 is 1.66 bits per heavy atom. The van der Waals surface area contributed by atoms with Crippen LogP contribution in [0.4, 0.5) is 0 Å². The van der Waals surface area contributed by atoms with Crippen LogP contribution in [0.15, 0.2) is 79.0 Å². The quantitative estimate of drug-likeness (QED) is 0.368. The fraction of sp³-hybridized carbons (Fsp3) is 0.276. The highest BCUT2D eigenvalue weighted by molar-refractivity contribution is 5.87. The lowest BCUT2D eigenvalue weighted by Crippen LogP contribution is -2.31. The number of fused-ring (bicyclic) bond motifs is 1. The van der Waals surface area contributed by atoms with Crippen LogP contribution in [0.3, 0.4) is 0 Å². The van der Waals surface area contributed by atoms with Gasteiger partial charge in [0, 0.05) is 42.0 Å². The van der Waals surface area contributed by atoms with E-state index in [9.17, 15) is 4.79 Å². The van der Waals surface area contributed by atoms with E-state index in [0.29, 0.717) is 6.42 Å². The zero-order chi connectivity index (χ0) is 22.7. The fourth-order valence-corrected chi connectivity index (χ4v) is 4.43. The second-order valence-corrected chi connectivity index (χ2v) is 9.11. The van der Waals surface area contributed by atoms with Gasteiger partial charge in [-0.2, -0.15) is 0 Å². The van der Waals surface area contributed by atoms with Crippen LogP contribution in [0.5, 0.6) is 0 Å². The molecule has 3 heteroatoms. The van der Waals surface area contributed by atoms with Gasteiger partial charge in [0.05, 0.1) is 0 Å². The number of aromatic nitrogens is 1. The van der Waals surface area contributed by atoms with Crippen molar-refractivity contribution in [2.24, 2.45) is 0 Å². The molecule has 0 aliphatic rings. The molecule has 0 aliphatic carbocycles. The molecule has 0 saturated heterocycles. The van der Waals surface area contributed by atoms with Gasteiger partial charge in [-0.15, -0.1) is 0 Å². The Kier molecular flexibility index (Phi) is 6.45. The van der Waals surface area contributed by atoms with Crippen molar-refractivity contribution in [3.05, 3.63) is 107 Å². The van der Waals surface area contributed by atoms with E-state index in [1.165, 1.54) is 38.7 Å². The van der Waals surface area contributed by atoms with Gasteiger partial charge in [0.15, 0.2) is 0 Å². The van der Waals surface area contributed by atoms with Crippen molar-refractivity contribution in [3.8, 4) is 0 Å². The minimum Gasteiger partial charge on any atom is -0.354 e. The maximum atomic E-state index is 12.8. The standard InChI is InChI=1S/C29H32N2O/c1-20(2)30-29(32)17-26(24-9-7-8-22(4)16-24)27-19-31(28-11-6-5-10-25(27)28)18-23-14-12-21(3)13-15-23/h5-16,19-20,26H,17-18H2,1-4H3,(H,30,32). The predicted molar refractivity (Wildman–Crippen MR) is 133 cm³/mol. The van der Waals surface area contributed by atoms with Crippen LogP contribution in [0.25, 0.3) is 10.9 Å². The van der Waals surface area contributed by atoms with Crippen LogP contribution in [-0.2, 0) is 11.3 Å². The first kappa shape index (κ1) is 21.9. The van der Waals surface area contributed by atoms with Gasteiger partial charge in [0.25, 0.3) is 0 Å². The van der Waals surface area contributed by atoms with E-state index in [1.807, 2.05) is 13.8 Å². The Hall–Kier alpha value is -3.33. The molecule has 0 spiro atoms. The maximum Gasteiger partial charge on any atom is 0.221 e. The lowest BCUT2D eigenvalue weighted by molar-refractivity contribution is -0.121. The maximum absolute atomic E-state index is 12.8. The third kappa shape index (κ3) is 4.94. The van der Waals surface area contributed by atoms with Crippen LogP contribution in [0.1, 0.15) is 54.0 Å². The molecule has 4 rings (SSSR count). The van der Waals surface area contributed by atoms with Gasteiger partial charge in [-0.3, -0.25) is 4.79 Å². The molecule has 0 aliphatic heterocycles. The van der Waals surface area contributed by atoms with Crippen molar-refractivity contribution >= 4 is 16.8 Å². The van der Waals surface area contributed by atoms with Crippen molar-refractivity contribution < 1.29 is 4.79 Å². The topological polar surface area (TPSA) is 34.0 Å². The number of carbonyl (C=O) groups excluding carboxylic acids is 1. The summed E-state index contributed by atoms with van der Waals surface area (Å²) in [6, 6.07) is 25.9. The Balaban J connectivity index is 1.79. The number of nitrogens with one attached hydrogen (secondary N) is 1. The summed E-state index contributed by atoms with van der Waals surface area (Å²) in [6.45, 7) is 9.04. The lowest BCUT2D eigenvalue weighted by atomic mass is 9.87. The van der Waals surface area contributed by atoms with Gasteiger partial charge < -0.3 is 9.88 Å². The molecule has 0 fully saturated rings. The molecule has 0 bridgehead atoms. The van der Waals surface area contributed by atoms with Gasteiger partial charge in [-0.1, -0.05) is 77.9 Å². The van der Waals surface area contributed by atoms with Gasteiger partial charge in [0.1, 0.15) is 0 Å². The summed E-state index contributed by atoms with van der Waals surface area (Å²) in [5, 5.41) is 4.29. The fourth-order valence-electron chi connectivity index (χ4n) is 4.43. The molecule has 1 heterocycles. The predicted octanol–water partition coefficient (Wildman–Crippen LogP) is 6.35. The number of nitrogens with zero attached hydrogens (tertiary/aromatic N) is 1. The smallest absolute Gasteiger partial charge is 0.221 e. The summed E-state index contributed by atoms with van der Waals surface area (Å²) < 4.78 is 2.32. The van der Waals surface area contributed by atoms with Crippen molar-refractivity contribution in [3.63, 3.8) is 0 Å². The average molecular weight is 425 g/mol. The number of carbonyl (C=O) groups is 1. The third-order valence-corrected chi connectivity index (χ3v) is 5.95. The van der Waals surface area contributed by atoms with E-state index in [4.69, 9.17) is 0 Å². The number of hydrogen-bond acceptors (Lipinski definition) is 1. The zero-order valence-corrected chi connectivity index (χ0v) is 19.4. The number of benzene rings is 3. The van der Waals surface area contributed by atoms with Gasteiger partial charge in [-0.05, 0) is 50.5 Å². The van der Waals surface area contributed by atoms with Crippen molar-refractivity contribution in [2.45, 2.75) is 52.6 Å². The number of para-hydroxylation sites is 1. The third-order valence-electron chi connectivity index (χ3n) is 5.95. The van der Waals surface area contributed by atoms with Crippen molar-refractivity contribution in [1.29, 1.82) is 0 Å². The molecule has 1 amide bonds. The molecule has 3 aromatic carbocycles. The van der Waals surface area contributed by atoms with E-state index in [1.54, 1.807) is 0 Å². The minimum absolute atomic E-state index is 0.00202.